The molecule has 1 fully saturated rings. The second kappa shape index (κ2) is 10.8. The molecule has 1 aliphatic carbocycles. The van der Waals surface area contributed by atoms with Gasteiger partial charge in [-0.25, -0.2) is 0 Å². The van der Waals surface area contributed by atoms with Gasteiger partial charge in [-0.1, -0.05) is 49.2 Å². The molecule has 0 aliphatic heterocycles. The number of hydrogen-bond donors (Lipinski definition) is 2. The molecule has 0 radical (unpaired) electrons. The second-order valence-electron chi connectivity index (χ2n) is 8.37. The number of nitrogens with one attached hydrogen (secondary N) is 2. The highest BCUT2D eigenvalue weighted by atomic mass is 32.2. The van der Waals surface area contributed by atoms with Crippen LogP contribution in [0.3, 0.4) is 0 Å². The lowest BCUT2D eigenvalue weighted by Crippen LogP contribution is -2.41. The van der Waals surface area contributed by atoms with Crippen LogP contribution in [0.1, 0.15) is 74.2 Å². The first-order chi connectivity index (χ1) is 14.9. The van der Waals surface area contributed by atoms with E-state index in [-0.39, 0.29) is 23.9 Å². The molecule has 8 heteroatoms. The summed E-state index contributed by atoms with van der Waals surface area (Å²) in [6.07, 6.45) is 4.67. The van der Waals surface area contributed by atoms with Crippen LogP contribution in [0.15, 0.2) is 29.4 Å². The summed E-state index contributed by atoms with van der Waals surface area (Å²) in [7, 11) is 0. The Morgan fingerprint density at radius 2 is 1.90 bits per heavy atom. The zero-order valence-corrected chi connectivity index (χ0v) is 19.7. The summed E-state index contributed by atoms with van der Waals surface area (Å²) in [4.78, 5) is 25.0. The molecular weight excluding hydrogens is 410 g/mol. The third-order valence-corrected chi connectivity index (χ3v) is 6.87. The van der Waals surface area contributed by atoms with Crippen molar-refractivity contribution in [3.05, 3.63) is 41.2 Å². The molecule has 3 rings (SSSR count). The lowest BCUT2D eigenvalue weighted by molar-refractivity contribution is -0.119. The minimum atomic E-state index is -0.299. The molecule has 2 N–H and O–H groups in total. The maximum Gasteiger partial charge on any atom is 0.251 e. The lowest BCUT2D eigenvalue weighted by atomic mass is 9.86. The second-order valence-corrected chi connectivity index (χ2v) is 9.31. The molecule has 1 saturated carbocycles. The Balaban J connectivity index is 1.58. The third-order valence-electron chi connectivity index (χ3n) is 5.90. The summed E-state index contributed by atoms with van der Waals surface area (Å²) in [6, 6.07) is 7.44. The van der Waals surface area contributed by atoms with Crippen molar-refractivity contribution >= 4 is 23.6 Å². The van der Waals surface area contributed by atoms with Gasteiger partial charge in [0.1, 0.15) is 0 Å². The number of aromatic nitrogens is 3. The maximum atomic E-state index is 12.6. The summed E-state index contributed by atoms with van der Waals surface area (Å²) in [5.74, 6) is 1.43. The monoisotopic (exact) mass is 443 g/mol. The molecule has 1 aromatic heterocycles. The molecule has 2 aromatic rings. The van der Waals surface area contributed by atoms with Crippen LogP contribution in [-0.2, 0) is 11.3 Å². The van der Waals surface area contributed by atoms with E-state index >= 15 is 0 Å². The van der Waals surface area contributed by atoms with Crippen LogP contribution in [0.25, 0.3) is 0 Å². The first-order valence-electron chi connectivity index (χ1n) is 11.1. The van der Waals surface area contributed by atoms with E-state index in [1.54, 1.807) is 0 Å². The average Bonchev–Trinajstić information content (AvgIpc) is 3.17. The van der Waals surface area contributed by atoms with E-state index in [1.807, 2.05) is 49.6 Å². The van der Waals surface area contributed by atoms with Crippen LogP contribution in [0, 0.1) is 12.8 Å². The molecule has 3 atom stereocenters. The number of carbonyl (C=O) groups is 2. The summed E-state index contributed by atoms with van der Waals surface area (Å²) in [5.41, 5.74) is 1.72. The molecule has 7 nitrogen and oxygen atoms in total. The highest BCUT2D eigenvalue weighted by Crippen LogP contribution is 2.25. The van der Waals surface area contributed by atoms with Crippen molar-refractivity contribution in [2.24, 2.45) is 5.92 Å². The van der Waals surface area contributed by atoms with Gasteiger partial charge in [0.25, 0.3) is 5.91 Å². The third kappa shape index (κ3) is 6.09. The molecule has 0 saturated heterocycles. The number of carbonyl (C=O) groups excluding carboxylic acids is 2. The summed E-state index contributed by atoms with van der Waals surface area (Å²) >= 11 is 1.39. The Hall–Kier alpha value is -2.35. The molecule has 2 amide bonds. The van der Waals surface area contributed by atoms with Gasteiger partial charge >= 0.3 is 0 Å². The molecule has 1 aliphatic rings. The van der Waals surface area contributed by atoms with Crippen molar-refractivity contribution in [1.82, 2.24) is 25.4 Å². The normalized spacial score (nSPS) is 19.6. The van der Waals surface area contributed by atoms with E-state index in [4.69, 9.17) is 0 Å². The van der Waals surface area contributed by atoms with Crippen LogP contribution in [0.4, 0.5) is 0 Å². The fraction of sp³-hybridized carbons (Fsp3) is 0.565. The van der Waals surface area contributed by atoms with Crippen LogP contribution in [0.5, 0.6) is 0 Å². The van der Waals surface area contributed by atoms with Gasteiger partial charge in [-0.2, -0.15) is 0 Å². The molecule has 168 valence electrons. The predicted molar refractivity (Wildman–Crippen MR) is 123 cm³/mol. The molecule has 0 unspecified atom stereocenters. The fourth-order valence-electron chi connectivity index (χ4n) is 3.98. The van der Waals surface area contributed by atoms with E-state index in [2.05, 4.69) is 27.8 Å². The van der Waals surface area contributed by atoms with Gasteiger partial charge in [-0.15, -0.1) is 10.2 Å². The largest absolute Gasteiger partial charge is 0.352 e. The van der Waals surface area contributed by atoms with E-state index in [0.29, 0.717) is 34.8 Å². The Bertz CT molecular complexity index is 896. The van der Waals surface area contributed by atoms with Crippen LogP contribution >= 0.6 is 11.8 Å². The zero-order valence-electron chi connectivity index (χ0n) is 18.9. The standard InChI is InChI=1S/C23H33N5O2S/c1-5-28-21(17(4)24-22(30)18-12-10-15(2)11-13-18)26-27-23(28)31-14-20(29)25-19-9-7-6-8-16(19)3/h10-13,16-17,19H,5-9,14H2,1-4H3,(H,24,30)(H,25,29)/t16-,17+,19-/m1/s1. The number of aryl methyl sites for hydroxylation is 1. The van der Waals surface area contributed by atoms with E-state index in [1.165, 1.54) is 31.0 Å². The quantitative estimate of drug-likeness (QED) is 0.605. The molecule has 1 aromatic carbocycles. The van der Waals surface area contributed by atoms with Crippen molar-refractivity contribution < 1.29 is 9.59 Å². The van der Waals surface area contributed by atoms with Crippen molar-refractivity contribution in [2.45, 2.75) is 77.2 Å². The maximum absolute atomic E-state index is 12.6. The van der Waals surface area contributed by atoms with Crippen molar-refractivity contribution in [3.63, 3.8) is 0 Å². The van der Waals surface area contributed by atoms with Gasteiger partial charge in [0, 0.05) is 18.2 Å². The average molecular weight is 444 g/mol. The van der Waals surface area contributed by atoms with Crippen LogP contribution in [-0.4, -0.2) is 38.4 Å². The van der Waals surface area contributed by atoms with Crippen LogP contribution in [0.2, 0.25) is 0 Å². The Labute approximate surface area is 188 Å². The van der Waals surface area contributed by atoms with Gasteiger partial charge in [0.15, 0.2) is 11.0 Å². The number of nitrogens with zero attached hydrogens (tertiary/aromatic N) is 3. The van der Waals surface area contributed by atoms with E-state index in [9.17, 15) is 9.59 Å². The smallest absolute Gasteiger partial charge is 0.251 e. The van der Waals surface area contributed by atoms with Gasteiger partial charge < -0.3 is 15.2 Å². The van der Waals surface area contributed by atoms with Crippen molar-refractivity contribution in [1.29, 1.82) is 0 Å². The van der Waals surface area contributed by atoms with Crippen molar-refractivity contribution in [2.75, 3.05) is 5.75 Å². The number of hydrogen-bond acceptors (Lipinski definition) is 5. The van der Waals surface area contributed by atoms with Crippen molar-refractivity contribution in [3.8, 4) is 0 Å². The Kier molecular flexibility index (Phi) is 8.12. The number of benzene rings is 1. The van der Waals surface area contributed by atoms with E-state index in [0.717, 1.165) is 12.0 Å². The molecule has 0 spiro atoms. The Morgan fingerprint density at radius 1 is 1.19 bits per heavy atom. The fourth-order valence-corrected chi connectivity index (χ4v) is 4.80. The highest BCUT2D eigenvalue weighted by Gasteiger charge is 2.24. The summed E-state index contributed by atoms with van der Waals surface area (Å²) in [5, 5.41) is 15.4. The first kappa shape index (κ1) is 23.3. The molecule has 31 heavy (non-hydrogen) atoms. The minimum Gasteiger partial charge on any atom is -0.352 e. The van der Waals surface area contributed by atoms with Gasteiger partial charge in [-0.05, 0) is 51.7 Å². The lowest BCUT2D eigenvalue weighted by Gasteiger charge is -2.29. The topological polar surface area (TPSA) is 88.9 Å². The summed E-state index contributed by atoms with van der Waals surface area (Å²) < 4.78 is 1.96. The SMILES string of the molecule is CCn1c(SCC(=O)N[C@@H]2CCCC[C@H]2C)nnc1[C@H](C)NC(=O)c1ccc(C)cc1. The minimum absolute atomic E-state index is 0.0386. The van der Waals surface area contributed by atoms with Gasteiger partial charge in [0.2, 0.25) is 5.91 Å². The van der Waals surface area contributed by atoms with Crippen LogP contribution < -0.4 is 10.6 Å². The highest BCUT2D eigenvalue weighted by molar-refractivity contribution is 7.99. The molecule has 1 heterocycles. The number of thioether (sulfide) groups is 1. The van der Waals surface area contributed by atoms with Gasteiger partial charge in [-0.3, -0.25) is 9.59 Å². The summed E-state index contributed by atoms with van der Waals surface area (Å²) in [6.45, 7) is 8.77. The first-order valence-corrected chi connectivity index (χ1v) is 12.1. The Morgan fingerprint density at radius 3 is 2.58 bits per heavy atom. The zero-order chi connectivity index (χ0) is 22.4. The van der Waals surface area contributed by atoms with E-state index < -0.39 is 0 Å². The predicted octanol–water partition coefficient (Wildman–Crippen LogP) is 3.88. The van der Waals surface area contributed by atoms with Gasteiger partial charge in [0.05, 0.1) is 11.8 Å². The number of amides is 2. The molecular formula is C23H33N5O2S. The molecule has 0 bridgehead atoms. The number of rotatable bonds is 8.